The third kappa shape index (κ3) is 2.82. The largest absolute Gasteiger partial charge is 0.0778 e. The molecule has 0 nitrogen and oxygen atoms in total. The average molecular weight is 282 g/mol. The van der Waals surface area contributed by atoms with E-state index in [0.717, 1.165) is 17.8 Å². The first-order valence-electron chi connectivity index (χ1n) is 8.71. The van der Waals surface area contributed by atoms with E-state index in [1.807, 2.05) is 0 Å². The second kappa shape index (κ2) is 5.63. The van der Waals surface area contributed by atoms with Crippen molar-refractivity contribution in [3.63, 3.8) is 0 Å². The Labute approximate surface area is 130 Å². The molecule has 2 aliphatic carbocycles. The molecule has 1 saturated carbocycles. The van der Waals surface area contributed by atoms with E-state index < -0.39 is 0 Å². The van der Waals surface area contributed by atoms with Gasteiger partial charge in [-0.3, -0.25) is 0 Å². The minimum atomic E-state index is 0.494. The monoisotopic (exact) mass is 282 g/mol. The van der Waals surface area contributed by atoms with Crippen LogP contribution in [0.4, 0.5) is 0 Å². The normalized spacial score (nSPS) is 35.5. The van der Waals surface area contributed by atoms with Crippen LogP contribution in [0, 0.1) is 23.2 Å². The molecule has 0 aliphatic heterocycles. The second-order valence-corrected chi connectivity index (χ2v) is 8.20. The summed E-state index contributed by atoms with van der Waals surface area (Å²) in [4.78, 5) is 0. The van der Waals surface area contributed by atoms with E-state index in [9.17, 15) is 0 Å². The summed E-state index contributed by atoms with van der Waals surface area (Å²) < 4.78 is 0. The Morgan fingerprint density at radius 3 is 2.48 bits per heavy atom. The van der Waals surface area contributed by atoms with Crippen LogP contribution in [-0.4, -0.2) is 0 Å². The van der Waals surface area contributed by atoms with Gasteiger partial charge >= 0.3 is 0 Å². The van der Waals surface area contributed by atoms with Crippen molar-refractivity contribution >= 4 is 0 Å². The van der Waals surface area contributed by atoms with E-state index in [-0.39, 0.29) is 0 Å². The van der Waals surface area contributed by atoms with Gasteiger partial charge in [0.2, 0.25) is 0 Å². The molecule has 0 heteroatoms. The van der Waals surface area contributed by atoms with Crippen molar-refractivity contribution in [3.05, 3.63) is 47.5 Å². The Balaban J connectivity index is 1.93. The van der Waals surface area contributed by atoms with Crippen LogP contribution in [0.2, 0.25) is 0 Å². The highest BCUT2D eigenvalue weighted by Crippen LogP contribution is 2.55. The molecule has 1 fully saturated rings. The highest BCUT2D eigenvalue weighted by Gasteiger charge is 2.45. The van der Waals surface area contributed by atoms with Gasteiger partial charge in [-0.1, -0.05) is 75.6 Å². The average Bonchev–Trinajstić information content (AvgIpc) is 2.80. The molecule has 0 N–H and O–H groups in total. The lowest BCUT2D eigenvalue weighted by atomic mass is 9.57. The number of rotatable bonds is 2. The van der Waals surface area contributed by atoms with Gasteiger partial charge in [-0.15, -0.1) is 0 Å². The molecular formula is C21H30. The number of allylic oxidation sites excluding steroid dienone is 2. The molecule has 1 aromatic carbocycles. The van der Waals surface area contributed by atoms with Crippen LogP contribution in [0.5, 0.6) is 0 Å². The van der Waals surface area contributed by atoms with Crippen molar-refractivity contribution in [1.82, 2.24) is 0 Å². The summed E-state index contributed by atoms with van der Waals surface area (Å²) in [6, 6.07) is 11.2. The minimum absolute atomic E-state index is 0.494. The van der Waals surface area contributed by atoms with E-state index >= 15 is 0 Å². The first-order valence-corrected chi connectivity index (χ1v) is 8.71. The first kappa shape index (κ1) is 14.9. The number of benzene rings is 1. The van der Waals surface area contributed by atoms with Crippen LogP contribution >= 0.6 is 0 Å². The standard InChI is InChI=1S/C21H30/c1-15-13-18(17-10-6-5-7-11-17)19(14-15)20-16(2)9-8-12-21(20,3)4/h5-7,10-11,13,16,18-20H,8-9,12,14H2,1-4H3. The molecular weight excluding hydrogens is 252 g/mol. The van der Waals surface area contributed by atoms with Gasteiger partial charge < -0.3 is 0 Å². The molecule has 0 heterocycles. The van der Waals surface area contributed by atoms with E-state index in [0.29, 0.717) is 11.3 Å². The molecule has 2 aliphatic rings. The maximum Gasteiger partial charge on any atom is 0.00548 e. The maximum atomic E-state index is 2.55. The Morgan fingerprint density at radius 2 is 1.81 bits per heavy atom. The van der Waals surface area contributed by atoms with Gasteiger partial charge in [-0.25, -0.2) is 0 Å². The Morgan fingerprint density at radius 1 is 1.10 bits per heavy atom. The quantitative estimate of drug-likeness (QED) is 0.567. The van der Waals surface area contributed by atoms with Crippen molar-refractivity contribution in [2.45, 2.75) is 59.3 Å². The van der Waals surface area contributed by atoms with Gasteiger partial charge in [-0.2, -0.15) is 0 Å². The van der Waals surface area contributed by atoms with Gasteiger partial charge in [0, 0.05) is 5.92 Å². The van der Waals surface area contributed by atoms with E-state index in [2.05, 4.69) is 64.1 Å². The molecule has 1 aromatic rings. The fourth-order valence-electron chi connectivity index (χ4n) is 5.36. The molecule has 114 valence electrons. The van der Waals surface area contributed by atoms with E-state index in [4.69, 9.17) is 0 Å². The van der Waals surface area contributed by atoms with Gasteiger partial charge in [0.25, 0.3) is 0 Å². The Bertz CT molecular complexity index is 508. The van der Waals surface area contributed by atoms with Crippen LogP contribution in [0.3, 0.4) is 0 Å². The molecule has 0 radical (unpaired) electrons. The topological polar surface area (TPSA) is 0 Å². The Hall–Kier alpha value is -1.04. The van der Waals surface area contributed by atoms with Crippen LogP contribution in [0.1, 0.15) is 64.9 Å². The fraction of sp³-hybridized carbons (Fsp3) is 0.619. The highest BCUT2D eigenvalue weighted by atomic mass is 14.5. The first-order chi connectivity index (χ1) is 9.99. The van der Waals surface area contributed by atoms with E-state index in [1.165, 1.54) is 31.2 Å². The Kier molecular flexibility index (Phi) is 3.99. The summed E-state index contributed by atoms with van der Waals surface area (Å²) >= 11 is 0. The summed E-state index contributed by atoms with van der Waals surface area (Å²) in [6.45, 7) is 9.86. The summed E-state index contributed by atoms with van der Waals surface area (Å²) in [5, 5.41) is 0. The third-order valence-corrected chi connectivity index (χ3v) is 6.12. The van der Waals surface area contributed by atoms with Gasteiger partial charge in [-0.05, 0) is 48.5 Å². The van der Waals surface area contributed by atoms with Crippen LogP contribution < -0.4 is 0 Å². The molecule has 0 amide bonds. The lowest BCUT2D eigenvalue weighted by Crippen LogP contribution is -2.40. The SMILES string of the molecule is CC1=CC(c2ccccc2)C(C2C(C)CCCC2(C)C)C1. The lowest BCUT2D eigenvalue weighted by molar-refractivity contribution is 0.0308. The fourth-order valence-corrected chi connectivity index (χ4v) is 5.36. The number of hydrogen-bond donors (Lipinski definition) is 0. The lowest BCUT2D eigenvalue weighted by Gasteiger charge is -2.48. The van der Waals surface area contributed by atoms with Gasteiger partial charge in [0.05, 0.1) is 0 Å². The summed E-state index contributed by atoms with van der Waals surface area (Å²) in [5.41, 5.74) is 3.61. The van der Waals surface area contributed by atoms with Crippen molar-refractivity contribution in [2.24, 2.45) is 23.2 Å². The molecule has 0 spiro atoms. The van der Waals surface area contributed by atoms with Crippen molar-refractivity contribution in [3.8, 4) is 0 Å². The molecule has 0 bridgehead atoms. The molecule has 4 unspecified atom stereocenters. The van der Waals surface area contributed by atoms with E-state index in [1.54, 1.807) is 5.57 Å². The van der Waals surface area contributed by atoms with Gasteiger partial charge in [0.1, 0.15) is 0 Å². The second-order valence-electron chi connectivity index (χ2n) is 8.20. The zero-order valence-electron chi connectivity index (χ0n) is 14.1. The molecule has 4 atom stereocenters. The zero-order valence-corrected chi connectivity index (χ0v) is 14.1. The van der Waals surface area contributed by atoms with Crippen LogP contribution in [-0.2, 0) is 0 Å². The van der Waals surface area contributed by atoms with Crippen LogP contribution in [0.25, 0.3) is 0 Å². The zero-order chi connectivity index (χ0) is 15.0. The minimum Gasteiger partial charge on any atom is -0.0778 e. The van der Waals surface area contributed by atoms with Crippen LogP contribution in [0.15, 0.2) is 42.0 Å². The highest BCUT2D eigenvalue weighted by molar-refractivity contribution is 5.31. The smallest absolute Gasteiger partial charge is 0.00548 e. The summed E-state index contributed by atoms with van der Waals surface area (Å²) in [6.07, 6.45) is 8.10. The summed E-state index contributed by atoms with van der Waals surface area (Å²) in [5.74, 6) is 3.16. The van der Waals surface area contributed by atoms with Crippen molar-refractivity contribution in [2.75, 3.05) is 0 Å². The molecule has 21 heavy (non-hydrogen) atoms. The predicted octanol–water partition coefficient (Wildman–Crippen LogP) is 6.20. The predicted molar refractivity (Wildman–Crippen MR) is 91.3 cm³/mol. The number of hydrogen-bond acceptors (Lipinski definition) is 0. The summed E-state index contributed by atoms with van der Waals surface area (Å²) in [7, 11) is 0. The van der Waals surface area contributed by atoms with Gasteiger partial charge in [0.15, 0.2) is 0 Å². The van der Waals surface area contributed by atoms with Crippen molar-refractivity contribution < 1.29 is 0 Å². The molecule has 0 aromatic heterocycles. The molecule has 0 saturated heterocycles. The third-order valence-electron chi connectivity index (χ3n) is 6.12. The molecule has 3 rings (SSSR count). The van der Waals surface area contributed by atoms with Crippen molar-refractivity contribution in [1.29, 1.82) is 0 Å². The maximum absolute atomic E-state index is 2.55.